The van der Waals surface area contributed by atoms with Gasteiger partial charge in [-0.1, -0.05) is 48.5 Å². The molecular weight excluding hydrogens is 428 g/mol. The fraction of sp³-hybridized carbons (Fsp3) is 0.464. The van der Waals surface area contributed by atoms with Crippen LogP contribution in [0.3, 0.4) is 0 Å². The van der Waals surface area contributed by atoms with Crippen molar-refractivity contribution in [2.45, 2.75) is 51.6 Å². The summed E-state index contributed by atoms with van der Waals surface area (Å²) in [5.41, 5.74) is 2.21. The number of nitrogens with one attached hydrogen (secondary N) is 2. The Balaban J connectivity index is 1.14. The van der Waals surface area contributed by atoms with E-state index in [1.165, 1.54) is 19.3 Å². The Morgan fingerprint density at radius 2 is 1.50 bits per heavy atom. The zero-order valence-corrected chi connectivity index (χ0v) is 19.6. The first kappa shape index (κ1) is 22.6. The largest absolute Gasteiger partial charge is 0.451 e. The molecule has 0 saturated heterocycles. The molecule has 2 N–H and O–H groups in total. The molecule has 178 valence electrons. The lowest BCUT2D eigenvalue weighted by atomic mass is 9.49. The van der Waals surface area contributed by atoms with Gasteiger partial charge in [-0.05, 0) is 74.8 Å². The van der Waals surface area contributed by atoms with Crippen LogP contribution in [0.15, 0.2) is 54.6 Å². The average Bonchev–Trinajstić information content (AvgIpc) is 2.82. The van der Waals surface area contributed by atoms with E-state index >= 15 is 0 Å². The summed E-state index contributed by atoms with van der Waals surface area (Å²) < 4.78 is 5.33. The molecule has 1 atom stereocenters. The van der Waals surface area contributed by atoms with Gasteiger partial charge in [-0.25, -0.2) is 0 Å². The molecule has 4 aliphatic carbocycles. The summed E-state index contributed by atoms with van der Waals surface area (Å²) in [4.78, 5) is 38.2. The van der Waals surface area contributed by atoms with Crippen LogP contribution in [-0.2, 0) is 19.1 Å². The summed E-state index contributed by atoms with van der Waals surface area (Å²) in [6.07, 6.45) is 5.63. The molecule has 34 heavy (non-hydrogen) atoms. The Bertz CT molecular complexity index is 1050. The highest BCUT2D eigenvalue weighted by atomic mass is 16.5. The van der Waals surface area contributed by atoms with Gasteiger partial charge in [0.2, 0.25) is 5.91 Å². The quantitative estimate of drug-likeness (QED) is 0.594. The number of hydrogen-bond acceptors (Lipinski definition) is 4. The van der Waals surface area contributed by atoms with Crippen molar-refractivity contribution in [1.82, 2.24) is 5.32 Å². The van der Waals surface area contributed by atoms with Crippen molar-refractivity contribution in [1.29, 1.82) is 0 Å². The number of carbonyl (C=O) groups excluding carboxylic acids is 3. The highest BCUT2D eigenvalue weighted by molar-refractivity contribution is 5.98. The topological polar surface area (TPSA) is 84.5 Å². The zero-order chi connectivity index (χ0) is 23.7. The molecule has 0 spiro atoms. The van der Waals surface area contributed by atoms with Gasteiger partial charge in [-0.2, -0.15) is 0 Å². The van der Waals surface area contributed by atoms with Crippen LogP contribution in [0.1, 0.15) is 45.4 Å². The van der Waals surface area contributed by atoms with Crippen LogP contribution in [0.25, 0.3) is 11.1 Å². The highest BCUT2D eigenvalue weighted by Crippen LogP contribution is 2.60. The van der Waals surface area contributed by atoms with Gasteiger partial charge in [0, 0.05) is 16.7 Å². The Morgan fingerprint density at radius 1 is 0.912 bits per heavy atom. The Morgan fingerprint density at radius 3 is 2.15 bits per heavy atom. The fourth-order valence-electron chi connectivity index (χ4n) is 6.72. The summed E-state index contributed by atoms with van der Waals surface area (Å²) in [6, 6.07) is 17.3. The molecule has 0 aromatic heterocycles. The second-order valence-corrected chi connectivity index (χ2v) is 10.4. The predicted molar refractivity (Wildman–Crippen MR) is 130 cm³/mol. The van der Waals surface area contributed by atoms with Crippen LogP contribution in [-0.4, -0.2) is 30.4 Å². The van der Waals surface area contributed by atoms with Crippen molar-refractivity contribution in [3.8, 4) is 11.1 Å². The van der Waals surface area contributed by atoms with E-state index in [0.29, 0.717) is 23.4 Å². The van der Waals surface area contributed by atoms with Crippen molar-refractivity contribution in [3.05, 3.63) is 54.6 Å². The van der Waals surface area contributed by atoms with Crippen LogP contribution < -0.4 is 10.6 Å². The molecule has 0 radical (unpaired) electrons. The number of rotatable bonds is 7. The lowest BCUT2D eigenvalue weighted by Crippen LogP contribution is -2.54. The van der Waals surface area contributed by atoms with Gasteiger partial charge in [-0.3, -0.25) is 14.4 Å². The maximum atomic E-state index is 13.0. The number of carbonyl (C=O) groups is 3. The molecule has 4 saturated carbocycles. The second kappa shape index (κ2) is 9.24. The molecule has 0 unspecified atom stereocenters. The lowest BCUT2D eigenvalue weighted by Gasteiger charge is -2.55. The summed E-state index contributed by atoms with van der Waals surface area (Å²) in [5.74, 6) is 0.947. The summed E-state index contributed by atoms with van der Waals surface area (Å²) in [6.45, 7) is 1.33. The molecule has 2 aromatic rings. The number of hydrogen-bond donors (Lipinski definition) is 2. The minimum Gasteiger partial charge on any atom is -0.451 e. The van der Waals surface area contributed by atoms with E-state index in [-0.39, 0.29) is 17.9 Å². The van der Waals surface area contributed by atoms with Crippen LogP contribution >= 0.6 is 0 Å². The number of para-hydroxylation sites is 1. The minimum atomic E-state index is -0.979. The molecule has 4 aliphatic rings. The van der Waals surface area contributed by atoms with E-state index < -0.39 is 18.0 Å². The summed E-state index contributed by atoms with van der Waals surface area (Å²) in [5, 5.41) is 5.68. The molecule has 6 rings (SSSR count). The number of ether oxygens (including phenoxy) is 1. The van der Waals surface area contributed by atoms with Gasteiger partial charge in [0.25, 0.3) is 5.91 Å². The Labute approximate surface area is 200 Å². The fourth-order valence-corrected chi connectivity index (χ4v) is 6.72. The lowest BCUT2D eigenvalue weighted by molar-refractivity contribution is -0.155. The highest BCUT2D eigenvalue weighted by Gasteiger charge is 2.54. The van der Waals surface area contributed by atoms with Gasteiger partial charge < -0.3 is 15.4 Å². The van der Waals surface area contributed by atoms with Crippen LogP contribution in [0.4, 0.5) is 5.69 Å². The van der Waals surface area contributed by atoms with Crippen LogP contribution in [0, 0.1) is 23.2 Å². The van der Waals surface area contributed by atoms with E-state index in [0.717, 1.165) is 30.4 Å². The minimum absolute atomic E-state index is 0.0163. The van der Waals surface area contributed by atoms with E-state index in [9.17, 15) is 14.4 Å². The molecular formula is C28H32N2O4. The van der Waals surface area contributed by atoms with E-state index in [4.69, 9.17) is 4.74 Å². The number of esters is 1. The SMILES string of the molecule is C[C@H](OC(=O)CNC(=O)C12CC3CC(CC(C3)C1)C2)C(=O)Nc1ccccc1-c1ccccc1. The molecule has 0 aliphatic heterocycles. The van der Waals surface area contributed by atoms with Gasteiger partial charge >= 0.3 is 5.97 Å². The van der Waals surface area contributed by atoms with Gasteiger partial charge in [0.1, 0.15) is 6.54 Å². The van der Waals surface area contributed by atoms with E-state index in [2.05, 4.69) is 10.6 Å². The molecule has 4 fully saturated rings. The van der Waals surface area contributed by atoms with E-state index in [1.54, 1.807) is 6.92 Å². The Kier molecular flexibility index (Phi) is 6.15. The Hall–Kier alpha value is -3.15. The summed E-state index contributed by atoms with van der Waals surface area (Å²) >= 11 is 0. The van der Waals surface area contributed by atoms with E-state index in [1.807, 2.05) is 54.6 Å². The van der Waals surface area contributed by atoms with Gasteiger partial charge in [0.05, 0.1) is 0 Å². The number of benzene rings is 2. The first-order valence-corrected chi connectivity index (χ1v) is 12.3. The number of amides is 2. The zero-order valence-electron chi connectivity index (χ0n) is 19.6. The standard InChI is InChI=1S/C28H32N2O4/c1-18(26(32)30-24-10-6-5-9-23(24)22-7-3-2-4-8-22)34-25(31)17-29-27(33)28-14-19-11-20(15-28)13-21(12-19)16-28/h2-10,18-21H,11-17H2,1H3,(H,29,33)(H,30,32)/t18-,19?,20?,21?,28?/m0/s1. The van der Waals surface area contributed by atoms with Crippen molar-refractivity contribution in [2.24, 2.45) is 23.2 Å². The second-order valence-electron chi connectivity index (χ2n) is 10.4. The molecule has 2 aromatic carbocycles. The third kappa shape index (κ3) is 4.59. The molecule has 0 heterocycles. The third-order valence-electron chi connectivity index (χ3n) is 7.86. The first-order chi connectivity index (χ1) is 16.4. The molecule has 2 amide bonds. The third-order valence-corrected chi connectivity index (χ3v) is 7.86. The van der Waals surface area contributed by atoms with Crippen LogP contribution in [0.5, 0.6) is 0 Å². The summed E-state index contributed by atoms with van der Waals surface area (Å²) in [7, 11) is 0. The smallest absolute Gasteiger partial charge is 0.326 e. The molecule has 6 nitrogen and oxygen atoms in total. The van der Waals surface area contributed by atoms with Crippen molar-refractivity contribution in [3.63, 3.8) is 0 Å². The van der Waals surface area contributed by atoms with Gasteiger partial charge in [-0.15, -0.1) is 0 Å². The molecule has 4 bridgehead atoms. The maximum Gasteiger partial charge on any atom is 0.326 e. The average molecular weight is 461 g/mol. The normalized spacial score (nSPS) is 27.6. The maximum absolute atomic E-state index is 13.0. The van der Waals surface area contributed by atoms with Crippen LogP contribution in [0.2, 0.25) is 0 Å². The van der Waals surface area contributed by atoms with Crippen molar-refractivity contribution >= 4 is 23.5 Å². The first-order valence-electron chi connectivity index (χ1n) is 12.3. The molecule has 6 heteroatoms. The monoisotopic (exact) mass is 460 g/mol. The van der Waals surface area contributed by atoms with Crippen molar-refractivity contribution in [2.75, 3.05) is 11.9 Å². The van der Waals surface area contributed by atoms with Gasteiger partial charge in [0.15, 0.2) is 6.10 Å². The number of anilines is 1. The van der Waals surface area contributed by atoms with Crippen molar-refractivity contribution < 1.29 is 19.1 Å². The predicted octanol–water partition coefficient (Wildman–Crippen LogP) is 4.56.